The molecule has 0 spiro atoms. The standard InChI is InChI=1S/C26H21BrN2O5/c1-14-20(13-28)25(31)29(11-10-16-4-7-18(33-3)8-5-16)26(32)22(14)23(30)24-15(2)19-9-6-17(27)12-21(19)34-24/h4-9,12,32H,10-11H2,1-3H3. The number of carbonyl (C=O) groups is 1. The highest BCUT2D eigenvalue weighted by Gasteiger charge is 2.28. The molecule has 0 bridgehead atoms. The maximum atomic E-state index is 13.5. The molecule has 8 heteroatoms. The Morgan fingerprint density at radius 2 is 1.88 bits per heavy atom. The highest BCUT2D eigenvalue weighted by atomic mass is 79.9. The van der Waals surface area contributed by atoms with Crippen molar-refractivity contribution in [3.8, 4) is 17.7 Å². The minimum atomic E-state index is -0.646. The van der Waals surface area contributed by atoms with E-state index < -0.39 is 17.2 Å². The van der Waals surface area contributed by atoms with E-state index in [0.717, 1.165) is 20.0 Å². The first-order valence-electron chi connectivity index (χ1n) is 10.5. The van der Waals surface area contributed by atoms with Gasteiger partial charge < -0.3 is 14.3 Å². The number of hydrogen-bond acceptors (Lipinski definition) is 6. The molecule has 34 heavy (non-hydrogen) atoms. The summed E-state index contributed by atoms with van der Waals surface area (Å²) in [6.45, 7) is 3.32. The number of halogens is 1. The molecule has 0 saturated carbocycles. The van der Waals surface area contributed by atoms with Gasteiger partial charge in [-0.05, 0) is 61.7 Å². The molecule has 0 unspecified atom stereocenters. The van der Waals surface area contributed by atoms with Gasteiger partial charge in [0, 0.05) is 22.0 Å². The number of ketones is 1. The molecule has 7 nitrogen and oxygen atoms in total. The number of ether oxygens (including phenoxy) is 1. The van der Waals surface area contributed by atoms with Crippen molar-refractivity contribution in [2.45, 2.75) is 26.8 Å². The number of pyridine rings is 1. The molecule has 4 aromatic rings. The van der Waals surface area contributed by atoms with E-state index in [-0.39, 0.29) is 29.0 Å². The largest absolute Gasteiger partial charge is 0.497 e. The molecule has 2 aromatic carbocycles. The molecule has 4 rings (SSSR count). The molecule has 0 atom stereocenters. The van der Waals surface area contributed by atoms with Crippen LogP contribution in [0.15, 0.2) is 56.1 Å². The van der Waals surface area contributed by atoms with E-state index in [4.69, 9.17) is 9.15 Å². The molecule has 0 aliphatic heterocycles. The number of furan rings is 1. The van der Waals surface area contributed by atoms with E-state index in [1.54, 1.807) is 32.2 Å². The minimum Gasteiger partial charge on any atom is -0.497 e. The molecule has 2 heterocycles. The van der Waals surface area contributed by atoms with Crippen LogP contribution in [0, 0.1) is 25.2 Å². The van der Waals surface area contributed by atoms with Crippen LogP contribution >= 0.6 is 15.9 Å². The fourth-order valence-electron chi connectivity index (χ4n) is 3.99. The van der Waals surface area contributed by atoms with Crippen molar-refractivity contribution in [2.75, 3.05) is 7.11 Å². The Bertz CT molecular complexity index is 1520. The Morgan fingerprint density at radius 3 is 2.53 bits per heavy atom. The lowest BCUT2D eigenvalue weighted by molar-refractivity contribution is 0.101. The van der Waals surface area contributed by atoms with Gasteiger partial charge in [0.05, 0.1) is 12.7 Å². The highest BCUT2D eigenvalue weighted by Crippen LogP contribution is 2.32. The van der Waals surface area contributed by atoms with Gasteiger partial charge in [0.1, 0.15) is 23.0 Å². The van der Waals surface area contributed by atoms with E-state index in [1.807, 2.05) is 30.3 Å². The number of aromatic nitrogens is 1. The van der Waals surface area contributed by atoms with Gasteiger partial charge in [-0.25, -0.2) is 0 Å². The maximum absolute atomic E-state index is 13.5. The first-order chi connectivity index (χ1) is 16.3. The van der Waals surface area contributed by atoms with E-state index >= 15 is 0 Å². The third kappa shape index (κ3) is 3.99. The molecule has 0 saturated heterocycles. The van der Waals surface area contributed by atoms with Crippen LogP contribution in [0.4, 0.5) is 0 Å². The van der Waals surface area contributed by atoms with Crippen LogP contribution in [0.25, 0.3) is 11.0 Å². The van der Waals surface area contributed by atoms with Gasteiger partial charge in [0.25, 0.3) is 5.56 Å². The number of aryl methyl sites for hydroxylation is 2. The van der Waals surface area contributed by atoms with E-state index in [0.29, 0.717) is 23.3 Å². The van der Waals surface area contributed by atoms with Crippen LogP contribution < -0.4 is 10.3 Å². The summed E-state index contributed by atoms with van der Waals surface area (Å²) in [5.41, 5.74) is 1.20. The summed E-state index contributed by atoms with van der Waals surface area (Å²) in [5.74, 6) is -0.321. The lowest BCUT2D eigenvalue weighted by Crippen LogP contribution is -2.27. The monoisotopic (exact) mass is 520 g/mol. The first kappa shape index (κ1) is 23.3. The molecule has 172 valence electrons. The van der Waals surface area contributed by atoms with Crippen LogP contribution in [0.2, 0.25) is 0 Å². The second kappa shape index (κ2) is 9.20. The lowest BCUT2D eigenvalue weighted by atomic mass is 9.98. The Balaban J connectivity index is 1.80. The van der Waals surface area contributed by atoms with Crippen LogP contribution in [-0.4, -0.2) is 22.6 Å². The molecule has 2 aromatic heterocycles. The van der Waals surface area contributed by atoms with Crippen molar-refractivity contribution in [1.29, 1.82) is 5.26 Å². The molecule has 0 amide bonds. The Hall–Kier alpha value is -3.83. The lowest BCUT2D eigenvalue weighted by Gasteiger charge is -2.15. The molecule has 0 aliphatic carbocycles. The second-order valence-corrected chi connectivity index (χ2v) is 8.81. The minimum absolute atomic E-state index is 0.0516. The second-order valence-electron chi connectivity index (χ2n) is 7.89. The van der Waals surface area contributed by atoms with Gasteiger partial charge >= 0.3 is 0 Å². The van der Waals surface area contributed by atoms with Crippen molar-refractivity contribution < 1.29 is 19.1 Å². The predicted octanol–water partition coefficient (Wildman–Crippen LogP) is 5.03. The van der Waals surface area contributed by atoms with Gasteiger partial charge in [-0.3, -0.25) is 14.2 Å². The van der Waals surface area contributed by atoms with Gasteiger partial charge in [-0.15, -0.1) is 0 Å². The van der Waals surface area contributed by atoms with Crippen molar-refractivity contribution in [3.63, 3.8) is 0 Å². The summed E-state index contributed by atoms with van der Waals surface area (Å²) in [6.07, 6.45) is 0.400. The highest BCUT2D eigenvalue weighted by molar-refractivity contribution is 9.10. The fourth-order valence-corrected chi connectivity index (χ4v) is 4.33. The SMILES string of the molecule is COc1ccc(CCn2c(O)c(C(=O)c3oc4cc(Br)ccc4c3C)c(C)c(C#N)c2=O)cc1. The zero-order valence-corrected chi connectivity index (χ0v) is 20.4. The fraction of sp³-hybridized carbons (Fsp3) is 0.192. The number of benzene rings is 2. The summed E-state index contributed by atoms with van der Waals surface area (Å²) < 4.78 is 12.8. The zero-order chi connectivity index (χ0) is 24.6. The number of hydrogen-bond donors (Lipinski definition) is 1. The summed E-state index contributed by atoms with van der Waals surface area (Å²) in [4.78, 5) is 26.5. The summed E-state index contributed by atoms with van der Waals surface area (Å²) in [7, 11) is 1.57. The van der Waals surface area contributed by atoms with Gasteiger partial charge in [-0.1, -0.05) is 28.1 Å². The van der Waals surface area contributed by atoms with Crippen molar-refractivity contribution >= 4 is 32.7 Å². The van der Waals surface area contributed by atoms with E-state index in [1.165, 1.54) is 6.92 Å². The van der Waals surface area contributed by atoms with Crippen LogP contribution in [0.1, 0.15) is 38.4 Å². The van der Waals surface area contributed by atoms with Crippen molar-refractivity contribution in [2.24, 2.45) is 0 Å². The Labute approximate surface area is 203 Å². The average Bonchev–Trinajstić information content (AvgIpc) is 3.15. The van der Waals surface area contributed by atoms with Crippen molar-refractivity contribution in [1.82, 2.24) is 4.57 Å². The zero-order valence-electron chi connectivity index (χ0n) is 18.8. The summed E-state index contributed by atoms with van der Waals surface area (Å²) in [5, 5.41) is 21.4. The van der Waals surface area contributed by atoms with E-state index in [9.17, 15) is 20.0 Å². The smallest absolute Gasteiger partial charge is 0.271 e. The van der Waals surface area contributed by atoms with Crippen LogP contribution in [0.5, 0.6) is 11.6 Å². The van der Waals surface area contributed by atoms with Gasteiger partial charge in [-0.2, -0.15) is 5.26 Å². The normalized spacial score (nSPS) is 10.9. The quantitative estimate of drug-likeness (QED) is 0.357. The van der Waals surface area contributed by atoms with Gasteiger partial charge in [0.2, 0.25) is 11.7 Å². The summed E-state index contributed by atoms with van der Waals surface area (Å²) in [6, 6.07) is 14.6. The molecule has 0 radical (unpaired) electrons. The topological polar surface area (TPSA) is 105 Å². The number of methoxy groups -OCH3 is 1. The van der Waals surface area contributed by atoms with Gasteiger partial charge in [0.15, 0.2) is 5.76 Å². The Kier molecular flexibility index (Phi) is 6.31. The van der Waals surface area contributed by atoms with Crippen LogP contribution in [-0.2, 0) is 13.0 Å². The van der Waals surface area contributed by atoms with Crippen LogP contribution in [0.3, 0.4) is 0 Å². The maximum Gasteiger partial charge on any atom is 0.271 e. The molecular formula is C26H21BrN2O5. The molecule has 0 fully saturated rings. The first-order valence-corrected chi connectivity index (χ1v) is 11.3. The number of aromatic hydroxyl groups is 1. The number of nitriles is 1. The number of nitrogens with zero attached hydrogens (tertiary/aromatic N) is 2. The van der Waals surface area contributed by atoms with Crippen molar-refractivity contribution in [3.05, 3.63) is 90.9 Å². The summed E-state index contributed by atoms with van der Waals surface area (Å²) >= 11 is 3.39. The Morgan fingerprint density at radius 1 is 1.18 bits per heavy atom. The number of carbonyl (C=O) groups excluding carboxylic acids is 1. The average molecular weight is 521 g/mol. The number of fused-ring (bicyclic) bond motifs is 1. The predicted molar refractivity (Wildman–Crippen MR) is 131 cm³/mol. The number of rotatable bonds is 6. The molecule has 0 aliphatic rings. The van der Waals surface area contributed by atoms with E-state index in [2.05, 4.69) is 15.9 Å². The molecule has 1 N–H and O–H groups in total. The molecular weight excluding hydrogens is 500 g/mol. The third-order valence-electron chi connectivity index (χ3n) is 5.92. The third-order valence-corrected chi connectivity index (χ3v) is 6.41.